The maximum Gasteiger partial charge on any atom is 0.188 e. The summed E-state index contributed by atoms with van der Waals surface area (Å²) in [5.41, 5.74) is 1.60. The molecule has 0 saturated carbocycles. The van der Waals surface area contributed by atoms with Gasteiger partial charge in [-0.15, -0.1) is 0 Å². The molecule has 22 heavy (non-hydrogen) atoms. The third kappa shape index (κ3) is 1.37. The van der Waals surface area contributed by atoms with Crippen molar-refractivity contribution in [3.63, 3.8) is 0 Å². The van der Waals surface area contributed by atoms with E-state index in [1.54, 1.807) is 12.2 Å². The van der Waals surface area contributed by atoms with Crippen LogP contribution in [0.2, 0.25) is 0 Å². The van der Waals surface area contributed by atoms with E-state index in [4.69, 9.17) is 0 Å². The topological polar surface area (TPSA) is 42.3 Å². The van der Waals surface area contributed by atoms with Gasteiger partial charge in [0.25, 0.3) is 0 Å². The molecule has 2 aromatic carbocycles. The van der Waals surface area contributed by atoms with Gasteiger partial charge >= 0.3 is 0 Å². The molecule has 0 bridgehead atoms. The van der Waals surface area contributed by atoms with Gasteiger partial charge in [-0.25, -0.2) is 4.99 Å². The molecule has 3 aromatic rings. The molecule has 0 fully saturated rings. The average Bonchev–Trinajstić information content (AvgIpc) is 2.93. The van der Waals surface area contributed by atoms with Gasteiger partial charge in [-0.3, -0.25) is 9.78 Å². The van der Waals surface area contributed by atoms with Crippen LogP contribution in [0.3, 0.4) is 0 Å². The molecule has 0 N–H and O–H groups in total. The minimum absolute atomic E-state index is 0.00776. The Hall–Kier alpha value is -3.07. The molecule has 5 rings (SSSR count). The van der Waals surface area contributed by atoms with Crippen LogP contribution < -0.4 is 10.7 Å². The van der Waals surface area contributed by atoms with Crippen molar-refractivity contribution in [3.05, 3.63) is 81.5 Å². The molecule has 0 unspecified atom stereocenters. The van der Waals surface area contributed by atoms with E-state index in [2.05, 4.69) is 16.0 Å². The zero-order valence-corrected chi connectivity index (χ0v) is 11.6. The van der Waals surface area contributed by atoms with Crippen molar-refractivity contribution in [2.24, 2.45) is 4.99 Å². The van der Waals surface area contributed by atoms with Crippen LogP contribution in [0.4, 0.5) is 5.69 Å². The maximum absolute atomic E-state index is 12.4. The highest BCUT2D eigenvalue weighted by atomic mass is 16.1. The molecule has 1 aliphatic carbocycles. The minimum atomic E-state index is 0.00776. The van der Waals surface area contributed by atoms with E-state index in [0.717, 1.165) is 37.6 Å². The molecule has 0 radical (unpaired) electrons. The largest absolute Gasteiger partial charge is 0.289 e. The Morgan fingerprint density at radius 3 is 2.86 bits per heavy atom. The van der Waals surface area contributed by atoms with Crippen molar-refractivity contribution >= 4 is 28.3 Å². The Balaban J connectivity index is 2.19. The van der Waals surface area contributed by atoms with Gasteiger partial charge in [0.2, 0.25) is 0 Å². The van der Waals surface area contributed by atoms with Gasteiger partial charge in [0.1, 0.15) is 0 Å². The lowest BCUT2D eigenvalue weighted by atomic mass is 9.97. The highest BCUT2D eigenvalue weighted by molar-refractivity contribution is 6.15. The summed E-state index contributed by atoms with van der Waals surface area (Å²) in [6.07, 6.45) is 7.07. The van der Waals surface area contributed by atoms with E-state index >= 15 is 0 Å². The first-order valence-corrected chi connectivity index (χ1v) is 7.15. The number of carbonyl (C=O) groups is 1. The molecular weight excluding hydrogens is 272 g/mol. The molecule has 3 nitrogen and oxygen atoms in total. The summed E-state index contributed by atoms with van der Waals surface area (Å²) in [7, 11) is 0. The molecular formula is C19H10N2O. The monoisotopic (exact) mass is 282 g/mol. The lowest BCUT2D eigenvalue weighted by Gasteiger charge is -2.08. The van der Waals surface area contributed by atoms with Crippen LogP contribution in [-0.4, -0.2) is 10.8 Å². The second-order valence-electron chi connectivity index (χ2n) is 5.46. The lowest BCUT2D eigenvalue weighted by Crippen LogP contribution is -2.20. The molecule has 1 aliphatic heterocycles. The van der Waals surface area contributed by atoms with Crippen molar-refractivity contribution in [2.75, 3.05) is 0 Å². The van der Waals surface area contributed by atoms with E-state index in [0.29, 0.717) is 5.56 Å². The second-order valence-corrected chi connectivity index (χ2v) is 5.46. The maximum atomic E-state index is 12.4. The smallest absolute Gasteiger partial charge is 0.188 e. The zero-order valence-electron chi connectivity index (χ0n) is 11.6. The SMILES string of the molecule is O=C1C=CC=c2ncc3ccc4c(c3c21)=c1ccccc1=N4. The number of allylic oxidation sites excluding steroid dienone is 2. The molecule has 0 saturated heterocycles. The van der Waals surface area contributed by atoms with Crippen LogP contribution >= 0.6 is 0 Å². The number of nitrogens with zero attached hydrogens (tertiary/aromatic N) is 2. The first-order valence-electron chi connectivity index (χ1n) is 7.15. The average molecular weight is 282 g/mol. The van der Waals surface area contributed by atoms with Crippen LogP contribution in [0.25, 0.3) is 16.8 Å². The van der Waals surface area contributed by atoms with Crippen molar-refractivity contribution in [3.8, 4) is 0 Å². The van der Waals surface area contributed by atoms with Crippen molar-refractivity contribution in [1.82, 2.24) is 4.98 Å². The zero-order chi connectivity index (χ0) is 14.7. The quantitative estimate of drug-likeness (QED) is 0.497. The van der Waals surface area contributed by atoms with Gasteiger partial charge in [-0.1, -0.05) is 30.3 Å². The summed E-state index contributed by atoms with van der Waals surface area (Å²) in [4.78, 5) is 21.5. The Morgan fingerprint density at radius 1 is 1.00 bits per heavy atom. The number of rotatable bonds is 0. The first kappa shape index (κ1) is 11.6. The molecule has 0 spiro atoms. The van der Waals surface area contributed by atoms with Gasteiger partial charge in [-0.2, -0.15) is 0 Å². The predicted octanol–water partition coefficient (Wildman–Crippen LogP) is 2.32. The molecule has 0 atom stereocenters. The van der Waals surface area contributed by atoms with Gasteiger partial charge in [0.05, 0.1) is 22.0 Å². The van der Waals surface area contributed by atoms with Gasteiger partial charge in [-0.05, 0) is 24.3 Å². The summed E-state index contributed by atoms with van der Waals surface area (Å²) < 4.78 is 0. The highest BCUT2D eigenvalue weighted by Gasteiger charge is 2.17. The van der Waals surface area contributed by atoms with E-state index in [-0.39, 0.29) is 5.78 Å². The fourth-order valence-corrected chi connectivity index (χ4v) is 3.28. The fraction of sp³-hybridized carbons (Fsp3) is 0. The first-order chi connectivity index (χ1) is 10.8. The lowest BCUT2D eigenvalue weighted by molar-refractivity contribution is 0.104. The number of hydrogen-bond acceptors (Lipinski definition) is 3. The van der Waals surface area contributed by atoms with E-state index in [1.807, 2.05) is 42.6 Å². The van der Waals surface area contributed by atoms with Crippen LogP contribution in [0.1, 0.15) is 10.4 Å². The van der Waals surface area contributed by atoms with Crippen LogP contribution in [0, 0.1) is 10.4 Å². The standard InChI is InChI=1S/C19H10N2O/c22-16-7-3-6-14-19(16)17-11(10-20-14)8-9-15-18(17)12-4-1-2-5-13(12)21-15/h1-10H. The third-order valence-corrected chi connectivity index (χ3v) is 4.23. The van der Waals surface area contributed by atoms with Crippen molar-refractivity contribution < 1.29 is 4.79 Å². The molecule has 2 heterocycles. The third-order valence-electron chi connectivity index (χ3n) is 4.23. The molecule has 0 amide bonds. The number of para-hydroxylation sites is 1. The summed E-state index contributed by atoms with van der Waals surface area (Å²) >= 11 is 0. The number of pyridine rings is 1. The Labute approximate surface area is 125 Å². The molecule has 3 heteroatoms. The fourth-order valence-electron chi connectivity index (χ4n) is 3.28. The Kier molecular flexibility index (Phi) is 2.09. The van der Waals surface area contributed by atoms with Gasteiger partial charge < -0.3 is 0 Å². The summed E-state index contributed by atoms with van der Waals surface area (Å²) in [5, 5.41) is 5.75. The minimum Gasteiger partial charge on any atom is -0.289 e. The summed E-state index contributed by atoms with van der Waals surface area (Å²) in [5.74, 6) is 0.00776. The number of fused-ring (bicyclic) bond motifs is 6. The van der Waals surface area contributed by atoms with Crippen LogP contribution in [-0.2, 0) is 0 Å². The molecule has 102 valence electrons. The molecule has 2 aliphatic rings. The predicted molar refractivity (Wildman–Crippen MR) is 84.2 cm³/mol. The number of hydrogen-bond donors (Lipinski definition) is 0. The number of ketones is 1. The normalized spacial score (nSPS) is 14.1. The van der Waals surface area contributed by atoms with E-state index < -0.39 is 0 Å². The van der Waals surface area contributed by atoms with Gasteiger partial charge in [0, 0.05) is 27.4 Å². The summed E-state index contributed by atoms with van der Waals surface area (Å²) in [6.45, 7) is 0. The van der Waals surface area contributed by atoms with Gasteiger partial charge in [0.15, 0.2) is 5.78 Å². The molecule has 1 aromatic heterocycles. The number of benzene rings is 2. The number of aromatic nitrogens is 1. The Bertz CT molecular complexity index is 1240. The number of carbonyl (C=O) groups excluding carboxylic acids is 1. The van der Waals surface area contributed by atoms with E-state index in [1.165, 1.54) is 0 Å². The second kappa shape index (κ2) is 3.98. The highest BCUT2D eigenvalue weighted by Crippen LogP contribution is 2.28. The Morgan fingerprint density at radius 2 is 1.91 bits per heavy atom. The van der Waals surface area contributed by atoms with Crippen molar-refractivity contribution in [2.45, 2.75) is 0 Å². The van der Waals surface area contributed by atoms with Crippen LogP contribution in [0.15, 0.2) is 59.7 Å². The summed E-state index contributed by atoms with van der Waals surface area (Å²) in [6, 6.07) is 12.0. The van der Waals surface area contributed by atoms with Crippen molar-refractivity contribution in [1.29, 1.82) is 0 Å². The van der Waals surface area contributed by atoms with Crippen LogP contribution in [0.5, 0.6) is 0 Å². The van der Waals surface area contributed by atoms with E-state index in [9.17, 15) is 4.79 Å².